The van der Waals surface area contributed by atoms with Crippen molar-refractivity contribution >= 4 is 27.3 Å². The van der Waals surface area contributed by atoms with Crippen LogP contribution in [-0.4, -0.2) is 44.5 Å². The molecule has 3 aromatic rings. The molecule has 0 radical (unpaired) electrons. The van der Waals surface area contributed by atoms with Crippen LogP contribution in [0.1, 0.15) is 11.7 Å². The summed E-state index contributed by atoms with van der Waals surface area (Å²) in [6, 6.07) is 12.2. The van der Waals surface area contributed by atoms with Gasteiger partial charge in [-0.3, -0.25) is 4.72 Å². The number of hydrogen-bond donors (Lipinski definition) is 3. The van der Waals surface area contributed by atoms with Crippen LogP contribution in [0.4, 0.5) is 5.69 Å². The van der Waals surface area contributed by atoms with E-state index >= 15 is 0 Å². The zero-order valence-electron chi connectivity index (χ0n) is 16.2. The Morgan fingerprint density at radius 3 is 2.67 bits per heavy atom. The number of aliphatic hydroxyl groups excluding tert-OH is 1. The average Bonchev–Trinajstić information content (AvgIpc) is 3.23. The molecule has 0 aliphatic carbocycles. The number of benzene rings is 2. The number of rotatable bonds is 10. The van der Waals surface area contributed by atoms with Gasteiger partial charge in [-0.05, 0) is 42.0 Å². The second-order valence-corrected chi connectivity index (χ2v) is 8.74. The summed E-state index contributed by atoms with van der Waals surface area (Å²) in [5, 5.41) is 13.7. The molecule has 1 unspecified atom stereocenters. The number of aliphatic hydroxyl groups is 1. The van der Waals surface area contributed by atoms with Gasteiger partial charge in [0.25, 0.3) is 0 Å². The Hall–Kier alpha value is -2.59. The summed E-state index contributed by atoms with van der Waals surface area (Å²) in [6.07, 6.45) is 3.17. The zero-order valence-corrected chi connectivity index (χ0v) is 17.8. The number of aromatic nitrogens is 1. The van der Waals surface area contributed by atoms with Gasteiger partial charge in [-0.15, -0.1) is 0 Å². The molecule has 1 aromatic heterocycles. The molecule has 30 heavy (non-hydrogen) atoms. The lowest BCUT2D eigenvalue weighted by molar-refractivity contribution is 0.172. The lowest BCUT2D eigenvalue weighted by Gasteiger charge is -2.15. The van der Waals surface area contributed by atoms with Gasteiger partial charge in [-0.1, -0.05) is 17.7 Å². The van der Waals surface area contributed by atoms with Crippen molar-refractivity contribution < 1.29 is 22.7 Å². The molecule has 2 aromatic carbocycles. The number of halogens is 1. The summed E-state index contributed by atoms with van der Waals surface area (Å²) in [5.74, 6) is 0.721. The summed E-state index contributed by atoms with van der Waals surface area (Å²) >= 11 is 6.00. The first-order valence-corrected chi connectivity index (χ1v) is 11.4. The second kappa shape index (κ2) is 9.94. The molecule has 3 rings (SSSR count). The fourth-order valence-corrected chi connectivity index (χ4v) is 3.49. The van der Waals surface area contributed by atoms with Crippen molar-refractivity contribution in [1.29, 1.82) is 0 Å². The first-order chi connectivity index (χ1) is 14.3. The molecule has 0 aliphatic rings. The van der Waals surface area contributed by atoms with Gasteiger partial charge in [-0.2, -0.15) is 0 Å². The minimum Gasteiger partial charge on any atom is -0.492 e. The minimum atomic E-state index is -3.46. The molecule has 0 saturated heterocycles. The third kappa shape index (κ3) is 6.46. The molecule has 0 spiro atoms. The molecule has 0 amide bonds. The van der Waals surface area contributed by atoms with E-state index in [1.54, 1.807) is 18.4 Å². The van der Waals surface area contributed by atoms with E-state index in [0.717, 1.165) is 23.3 Å². The molecule has 1 atom stereocenters. The molecule has 8 nitrogen and oxygen atoms in total. The van der Waals surface area contributed by atoms with Crippen molar-refractivity contribution in [2.75, 3.05) is 30.7 Å². The Kier molecular flexibility index (Phi) is 7.33. The zero-order chi connectivity index (χ0) is 21.6. The summed E-state index contributed by atoms with van der Waals surface area (Å²) in [6.45, 7) is 1.20. The van der Waals surface area contributed by atoms with Crippen LogP contribution in [0.3, 0.4) is 0 Å². The molecule has 0 saturated carbocycles. The Bertz CT molecular complexity index is 1060. The minimum absolute atomic E-state index is 0.230. The van der Waals surface area contributed by atoms with Crippen LogP contribution in [0, 0.1) is 0 Å². The first kappa shape index (κ1) is 22.1. The summed E-state index contributed by atoms with van der Waals surface area (Å²) in [7, 11) is -3.46. The third-order valence-corrected chi connectivity index (χ3v) is 5.06. The Morgan fingerprint density at radius 2 is 2.00 bits per heavy atom. The first-order valence-electron chi connectivity index (χ1n) is 9.09. The largest absolute Gasteiger partial charge is 0.492 e. The highest BCUT2D eigenvalue weighted by molar-refractivity contribution is 7.92. The van der Waals surface area contributed by atoms with Gasteiger partial charge in [0.2, 0.25) is 10.0 Å². The van der Waals surface area contributed by atoms with Gasteiger partial charge in [-0.25, -0.2) is 13.4 Å². The van der Waals surface area contributed by atoms with Gasteiger partial charge < -0.3 is 19.6 Å². The van der Waals surface area contributed by atoms with Crippen LogP contribution >= 0.6 is 11.6 Å². The molecule has 160 valence electrons. The molecule has 3 N–H and O–H groups in total. The number of ether oxygens (including phenoxy) is 1. The molecular formula is C20H22ClN3O5S. The summed E-state index contributed by atoms with van der Waals surface area (Å²) in [4.78, 5) is 4.09. The number of oxazole rings is 1. The smallest absolute Gasteiger partial charge is 0.229 e. The molecule has 1 heterocycles. The average molecular weight is 452 g/mol. The van der Waals surface area contributed by atoms with Crippen LogP contribution < -0.4 is 14.8 Å². The van der Waals surface area contributed by atoms with E-state index in [0.29, 0.717) is 18.7 Å². The molecule has 0 aliphatic heterocycles. The summed E-state index contributed by atoms with van der Waals surface area (Å²) < 4.78 is 35.8. The number of nitrogens with one attached hydrogen (secondary N) is 2. The van der Waals surface area contributed by atoms with E-state index in [4.69, 9.17) is 20.8 Å². The maximum absolute atomic E-state index is 11.4. The van der Waals surface area contributed by atoms with Gasteiger partial charge in [0, 0.05) is 18.7 Å². The highest BCUT2D eigenvalue weighted by Gasteiger charge is 2.12. The van der Waals surface area contributed by atoms with Crippen molar-refractivity contribution in [2.45, 2.75) is 6.10 Å². The number of hydrogen-bond acceptors (Lipinski definition) is 7. The van der Waals surface area contributed by atoms with Gasteiger partial charge in [0.15, 0.2) is 6.39 Å². The Labute approximate surface area is 179 Å². The fourth-order valence-electron chi connectivity index (χ4n) is 2.70. The molecular weight excluding hydrogens is 430 g/mol. The number of anilines is 1. The molecule has 10 heteroatoms. The highest BCUT2D eigenvalue weighted by atomic mass is 35.5. The van der Waals surface area contributed by atoms with E-state index in [2.05, 4.69) is 15.0 Å². The topological polar surface area (TPSA) is 114 Å². The van der Waals surface area contributed by atoms with E-state index < -0.39 is 16.1 Å². The quantitative estimate of drug-likeness (QED) is 0.406. The van der Waals surface area contributed by atoms with Crippen LogP contribution in [0.2, 0.25) is 5.02 Å². The van der Waals surface area contributed by atoms with E-state index in [1.807, 2.05) is 24.3 Å². The maximum Gasteiger partial charge on any atom is 0.229 e. The van der Waals surface area contributed by atoms with Crippen molar-refractivity contribution in [2.24, 2.45) is 0 Å². The number of sulfonamides is 1. The lowest BCUT2D eigenvalue weighted by Crippen LogP contribution is -2.26. The number of nitrogens with zero attached hydrogens (tertiary/aromatic N) is 1. The van der Waals surface area contributed by atoms with Gasteiger partial charge >= 0.3 is 0 Å². The normalized spacial score (nSPS) is 12.5. The highest BCUT2D eigenvalue weighted by Crippen LogP contribution is 2.26. The third-order valence-electron chi connectivity index (χ3n) is 4.14. The van der Waals surface area contributed by atoms with Gasteiger partial charge in [0.05, 0.1) is 23.1 Å². The summed E-state index contributed by atoms with van der Waals surface area (Å²) in [5.41, 5.74) is 2.47. The predicted octanol–water partition coefficient (Wildman–Crippen LogP) is 3.07. The van der Waals surface area contributed by atoms with Crippen molar-refractivity contribution in [1.82, 2.24) is 10.3 Å². The monoisotopic (exact) mass is 451 g/mol. The Morgan fingerprint density at radius 1 is 1.23 bits per heavy atom. The van der Waals surface area contributed by atoms with E-state index in [1.165, 1.54) is 12.5 Å². The predicted molar refractivity (Wildman–Crippen MR) is 115 cm³/mol. The fraction of sp³-hybridized carbons (Fsp3) is 0.250. The Balaban J connectivity index is 1.43. The van der Waals surface area contributed by atoms with Crippen LogP contribution in [0.25, 0.3) is 11.3 Å². The van der Waals surface area contributed by atoms with Crippen molar-refractivity contribution in [3.63, 3.8) is 0 Å². The van der Waals surface area contributed by atoms with Crippen LogP contribution in [0.15, 0.2) is 59.5 Å². The molecule has 0 bridgehead atoms. The molecule has 0 fully saturated rings. The maximum atomic E-state index is 11.4. The standard InChI is InChI=1S/C20H22ClN3O5S/c1-30(26,27)24-18-10-15(4-7-17(18)21)20(25)11-22-8-9-29-16-5-2-14(3-6-16)19-12-28-13-23-19/h2-7,10,12-13,20,22,24-25H,8-9,11H2,1H3. The van der Waals surface area contributed by atoms with Gasteiger partial charge in [0.1, 0.15) is 24.3 Å². The van der Waals surface area contributed by atoms with E-state index in [-0.39, 0.29) is 17.3 Å². The SMILES string of the molecule is CS(=O)(=O)Nc1cc(C(O)CNCCOc2ccc(-c3cocn3)cc2)ccc1Cl. The van der Waals surface area contributed by atoms with Crippen molar-refractivity contribution in [3.8, 4) is 17.0 Å². The van der Waals surface area contributed by atoms with Crippen LogP contribution in [0.5, 0.6) is 5.75 Å². The second-order valence-electron chi connectivity index (χ2n) is 6.58. The lowest BCUT2D eigenvalue weighted by atomic mass is 10.1. The van der Waals surface area contributed by atoms with Crippen molar-refractivity contribution in [3.05, 3.63) is 65.7 Å². The van der Waals surface area contributed by atoms with E-state index in [9.17, 15) is 13.5 Å². The van der Waals surface area contributed by atoms with Crippen LogP contribution in [-0.2, 0) is 10.0 Å².